The second-order valence-electron chi connectivity index (χ2n) is 7.65. The number of aromatic nitrogens is 4. The molecule has 4 rings (SSSR count). The summed E-state index contributed by atoms with van der Waals surface area (Å²) >= 11 is 0. The number of piperidine rings is 1. The van der Waals surface area contributed by atoms with E-state index in [1.54, 1.807) is 29.6 Å². The first-order chi connectivity index (χ1) is 15.3. The van der Waals surface area contributed by atoms with Crippen molar-refractivity contribution in [3.63, 3.8) is 0 Å². The number of anilines is 1. The molecule has 0 aliphatic carbocycles. The molecule has 32 heavy (non-hydrogen) atoms. The van der Waals surface area contributed by atoms with Crippen LogP contribution in [0.25, 0.3) is 11.4 Å². The molecule has 166 valence electrons. The average molecular weight is 442 g/mol. The van der Waals surface area contributed by atoms with E-state index in [0.717, 1.165) is 30.7 Å². The third-order valence-electron chi connectivity index (χ3n) is 5.19. The smallest absolute Gasteiger partial charge is 0.366 e. The third kappa shape index (κ3) is 4.84. The number of alkyl halides is 3. The summed E-state index contributed by atoms with van der Waals surface area (Å²) in [4.78, 5) is 31.7. The average Bonchev–Trinajstić information content (AvgIpc) is 2.79. The number of carbonyl (C=O) groups excluding carboxylic acids is 1. The van der Waals surface area contributed by atoms with E-state index in [4.69, 9.17) is 0 Å². The van der Waals surface area contributed by atoms with E-state index >= 15 is 0 Å². The number of nitrogens with zero attached hydrogens (tertiary/aromatic N) is 5. The Morgan fingerprint density at radius 3 is 2.59 bits per heavy atom. The van der Waals surface area contributed by atoms with Crippen molar-refractivity contribution in [3.8, 4) is 11.4 Å². The summed E-state index contributed by atoms with van der Waals surface area (Å²) in [6, 6.07) is 5.68. The topological polar surface area (TPSA) is 83.9 Å². The van der Waals surface area contributed by atoms with E-state index in [2.05, 4.69) is 25.3 Å². The van der Waals surface area contributed by atoms with E-state index in [-0.39, 0.29) is 17.6 Å². The van der Waals surface area contributed by atoms with E-state index in [1.807, 2.05) is 13.0 Å². The summed E-state index contributed by atoms with van der Waals surface area (Å²) in [5.41, 5.74) is 0.922. The van der Waals surface area contributed by atoms with Crippen LogP contribution in [-0.2, 0) is 6.18 Å². The molecule has 1 atom stereocenters. The van der Waals surface area contributed by atoms with Crippen LogP contribution in [-0.4, -0.2) is 49.9 Å². The monoisotopic (exact) mass is 442 g/mol. The lowest BCUT2D eigenvalue weighted by Crippen LogP contribution is -2.45. The number of rotatable bonds is 4. The van der Waals surface area contributed by atoms with Crippen molar-refractivity contribution in [2.24, 2.45) is 0 Å². The minimum atomic E-state index is -4.43. The van der Waals surface area contributed by atoms with Crippen molar-refractivity contribution in [2.75, 3.05) is 18.4 Å². The number of likely N-dealkylation sites (tertiary alicyclic amines) is 1. The molecule has 0 radical (unpaired) electrons. The van der Waals surface area contributed by atoms with E-state index in [0.29, 0.717) is 30.3 Å². The summed E-state index contributed by atoms with van der Waals surface area (Å²) in [7, 11) is 0. The fourth-order valence-electron chi connectivity index (χ4n) is 3.63. The first-order valence-electron chi connectivity index (χ1n) is 10.1. The number of carbonyl (C=O) groups is 1. The molecular formula is C22H21F3N6O. The molecule has 4 heterocycles. The highest BCUT2D eigenvalue weighted by atomic mass is 19.4. The molecule has 1 fully saturated rings. The predicted molar refractivity (Wildman–Crippen MR) is 112 cm³/mol. The van der Waals surface area contributed by atoms with Crippen molar-refractivity contribution < 1.29 is 18.0 Å². The Balaban J connectivity index is 1.50. The van der Waals surface area contributed by atoms with Gasteiger partial charge in [-0.3, -0.25) is 9.78 Å². The van der Waals surface area contributed by atoms with Gasteiger partial charge in [-0.2, -0.15) is 13.2 Å². The molecule has 10 heteroatoms. The fraction of sp³-hybridized carbons (Fsp3) is 0.318. The molecule has 3 aromatic heterocycles. The molecule has 1 amide bonds. The highest BCUT2D eigenvalue weighted by Crippen LogP contribution is 2.29. The zero-order valence-electron chi connectivity index (χ0n) is 17.3. The van der Waals surface area contributed by atoms with E-state index < -0.39 is 11.7 Å². The van der Waals surface area contributed by atoms with Crippen molar-refractivity contribution in [2.45, 2.75) is 32.0 Å². The molecule has 3 aromatic rings. The number of aryl methyl sites for hydroxylation is 1. The first kappa shape index (κ1) is 21.7. The maximum atomic E-state index is 13.3. The highest BCUT2D eigenvalue weighted by molar-refractivity contribution is 5.98. The van der Waals surface area contributed by atoms with Gasteiger partial charge in [0.2, 0.25) is 0 Å². The Bertz CT molecular complexity index is 1090. The van der Waals surface area contributed by atoms with Crippen LogP contribution in [0.2, 0.25) is 0 Å². The molecular weight excluding hydrogens is 421 g/mol. The van der Waals surface area contributed by atoms with Gasteiger partial charge in [-0.25, -0.2) is 15.0 Å². The summed E-state index contributed by atoms with van der Waals surface area (Å²) in [6.45, 7) is 2.82. The van der Waals surface area contributed by atoms with Crippen molar-refractivity contribution >= 4 is 11.7 Å². The highest BCUT2D eigenvalue weighted by Gasteiger charge is 2.31. The number of hydrogen-bond donors (Lipinski definition) is 1. The van der Waals surface area contributed by atoms with Gasteiger partial charge >= 0.3 is 6.18 Å². The number of halogens is 3. The standard InChI is InChI=1S/C22H21F3N6O/c1-14-10-17(20-26-7-3-8-27-20)19(29-11-14)21(32)31-9-2-4-16(13-31)30-18-6-5-15(12-28-18)22(23,24)25/h3,5-8,10-12,16H,2,4,9,13H2,1H3,(H,28,30)/t16-/m1/s1. The Kier molecular flexibility index (Phi) is 6.02. The normalized spacial score (nSPS) is 16.6. The fourth-order valence-corrected chi connectivity index (χ4v) is 3.63. The second-order valence-corrected chi connectivity index (χ2v) is 7.65. The van der Waals surface area contributed by atoms with Crippen molar-refractivity contribution in [1.82, 2.24) is 24.8 Å². The van der Waals surface area contributed by atoms with Crippen molar-refractivity contribution in [3.05, 3.63) is 65.9 Å². The molecule has 1 aliphatic rings. The molecule has 1 saturated heterocycles. The van der Waals surface area contributed by atoms with Gasteiger partial charge in [0.05, 0.1) is 11.1 Å². The molecule has 0 aromatic carbocycles. The van der Waals surface area contributed by atoms with Crippen molar-refractivity contribution in [1.29, 1.82) is 0 Å². The third-order valence-corrected chi connectivity index (χ3v) is 5.19. The van der Waals surface area contributed by atoms with Crippen LogP contribution in [0.1, 0.15) is 34.5 Å². The lowest BCUT2D eigenvalue weighted by atomic mass is 10.0. The first-order valence-corrected chi connectivity index (χ1v) is 10.1. The number of amides is 1. The zero-order chi connectivity index (χ0) is 22.7. The minimum absolute atomic E-state index is 0.140. The van der Waals surface area contributed by atoms with Crippen LogP contribution in [0.15, 0.2) is 49.1 Å². The number of hydrogen-bond acceptors (Lipinski definition) is 6. The largest absolute Gasteiger partial charge is 0.417 e. The van der Waals surface area contributed by atoms with Gasteiger partial charge < -0.3 is 10.2 Å². The quantitative estimate of drug-likeness (QED) is 0.658. The molecule has 7 nitrogen and oxygen atoms in total. The van der Waals surface area contributed by atoms with Gasteiger partial charge in [0.25, 0.3) is 5.91 Å². The van der Waals surface area contributed by atoms with Gasteiger partial charge in [-0.05, 0) is 49.6 Å². The van der Waals surface area contributed by atoms with Gasteiger partial charge in [-0.1, -0.05) is 0 Å². The number of nitrogens with one attached hydrogen (secondary N) is 1. The molecule has 0 unspecified atom stereocenters. The second kappa shape index (κ2) is 8.89. The summed E-state index contributed by atoms with van der Waals surface area (Å²) in [5.74, 6) is 0.524. The Labute approximate surface area is 182 Å². The molecule has 0 bridgehead atoms. The lowest BCUT2D eigenvalue weighted by Gasteiger charge is -2.33. The Hall–Kier alpha value is -3.56. The molecule has 0 saturated carbocycles. The SMILES string of the molecule is Cc1cnc(C(=O)N2CCC[C@@H](Nc3ccc(C(F)(F)F)cn3)C2)c(-c2ncccn2)c1. The van der Waals surface area contributed by atoms with Gasteiger partial charge in [0.1, 0.15) is 11.5 Å². The maximum absolute atomic E-state index is 13.3. The maximum Gasteiger partial charge on any atom is 0.417 e. The van der Waals surface area contributed by atoms with Crippen LogP contribution < -0.4 is 5.32 Å². The van der Waals surface area contributed by atoms with Crippen LogP contribution in [0, 0.1) is 6.92 Å². The lowest BCUT2D eigenvalue weighted by molar-refractivity contribution is -0.137. The Morgan fingerprint density at radius 2 is 1.91 bits per heavy atom. The Morgan fingerprint density at radius 1 is 1.12 bits per heavy atom. The van der Waals surface area contributed by atoms with Gasteiger partial charge in [-0.15, -0.1) is 0 Å². The molecule has 0 spiro atoms. The van der Waals surface area contributed by atoms with Crippen LogP contribution in [0.4, 0.5) is 19.0 Å². The van der Waals surface area contributed by atoms with Crippen LogP contribution >= 0.6 is 0 Å². The molecule has 1 N–H and O–H groups in total. The summed E-state index contributed by atoms with van der Waals surface area (Å²) in [5, 5.41) is 3.13. The minimum Gasteiger partial charge on any atom is -0.366 e. The van der Waals surface area contributed by atoms with Crippen LogP contribution in [0.3, 0.4) is 0 Å². The number of pyridine rings is 2. The summed E-state index contributed by atoms with van der Waals surface area (Å²) in [6.07, 6.45) is 2.73. The molecule has 1 aliphatic heterocycles. The van der Waals surface area contributed by atoms with Gasteiger partial charge in [0.15, 0.2) is 5.82 Å². The zero-order valence-corrected chi connectivity index (χ0v) is 17.3. The van der Waals surface area contributed by atoms with Gasteiger partial charge in [0, 0.05) is 43.9 Å². The van der Waals surface area contributed by atoms with E-state index in [1.165, 1.54) is 6.07 Å². The summed E-state index contributed by atoms with van der Waals surface area (Å²) < 4.78 is 38.2. The predicted octanol–water partition coefficient (Wildman–Crippen LogP) is 3.98. The van der Waals surface area contributed by atoms with E-state index in [9.17, 15) is 18.0 Å². The van der Waals surface area contributed by atoms with Crippen LogP contribution in [0.5, 0.6) is 0 Å².